The molecule has 1 heterocycles. The maximum absolute atomic E-state index is 4.11. The summed E-state index contributed by atoms with van der Waals surface area (Å²) in [4.78, 5) is 8.21. The highest BCUT2D eigenvalue weighted by Crippen LogP contribution is 1.95. The molecule has 0 aliphatic heterocycles. The van der Waals surface area contributed by atoms with Gasteiger partial charge in [-0.25, -0.2) is 9.97 Å². The second-order valence-electron chi connectivity index (χ2n) is 2.27. The van der Waals surface area contributed by atoms with Crippen LogP contribution in [0.4, 0.5) is 0 Å². The van der Waals surface area contributed by atoms with Crippen molar-refractivity contribution in [1.29, 1.82) is 0 Å². The summed E-state index contributed by atoms with van der Waals surface area (Å²) >= 11 is 0. The number of aromatic nitrogens is 2. The van der Waals surface area contributed by atoms with Crippen molar-refractivity contribution in [1.82, 2.24) is 9.97 Å². The van der Waals surface area contributed by atoms with Crippen LogP contribution in [-0.4, -0.2) is 9.97 Å². The maximum Gasteiger partial charge on any atom is 0.128 e. The highest BCUT2D eigenvalue weighted by molar-refractivity contribution is 5.85. The number of halogens is 1. The third-order valence-electron chi connectivity index (χ3n) is 1.37. The smallest absolute Gasteiger partial charge is 0.128 e. The molecule has 0 aliphatic rings. The zero-order valence-corrected chi connectivity index (χ0v) is 7.47. The molecule has 1 aromatic heterocycles. The van der Waals surface area contributed by atoms with Gasteiger partial charge < -0.3 is 0 Å². The van der Waals surface area contributed by atoms with Crippen LogP contribution in [0, 0.1) is 0 Å². The van der Waals surface area contributed by atoms with Crippen LogP contribution in [0.15, 0.2) is 18.5 Å². The van der Waals surface area contributed by atoms with Crippen molar-refractivity contribution in [2.45, 2.75) is 26.2 Å². The zero-order valence-electron chi connectivity index (χ0n) is 6.66. The van der Waals surface area contributed by atoms with E-state index in [1.165, 1.54) is 12.8 Å². The minimum absolute atomic E-state index is 0. The molecule has 0 aliphatic carbocycles. The summed E-state index contributed by atoms with van der Waals surface area (Å²) in [5.41, 5.74) is 0. The van der Waals surface area contributed by atoms with Crippen LogP contribution < -0.4 is 0 Å². The van der Waals surface area contributed by atoms with Crippen molar-refractivity contribution < 1.29 is 0 Å². The first-order chi connectivity index (χ1) is 4.93. The molecular formula is C8H13ClN2. The fourth-order valence-electron chi connectivity index (χ4n) is 0.794. The summed E-state index contributed by atoms with van der Waals surface area (Å²) in [6.07, 6.45) is 6.98. The van der Waals surface area contributed by atoms with Gasteiger partial charge in [0.2, 0.25) is 0 Å². The maximum atomic E-state index is 4.11. The Balaban J connectivity index is 0.000001000. The molecule has 3 heteroatoms. The summed E-state index contributed by atoms with van der Waals surface area (Å²) in [7, 11) is 0. The number of rotatable bonds is 3. The molecule has 0 radical (unpaired) electrons. The Morgan fingerprint density at radius 3 is 2.45 bits per heavy atom. The van der Waals surface area contributed by atoms with Crippen LogP contribution in [0.5, 0.6) is 0 Å². The minimum Gasteiger partial charge on any atom is -0.241 e. The quantitative estimate of drug-likeness (QED) is 0.699. The van der Waals surface area contributed by atoms with E-state index in [1.54, 1.807) is 12.4 Å². The van der Waals surface area contributed by atoms with E-state index in [-0.39, 0.29) is 12.4 Å². The third-order valence-corrected chi connectivity index (χ3v) is 1.37. The Kier molecular flexibility index (Phi) is 5.75. The van der Waals surface area contributed by atoms with Gasteiger partial charge in [-0.1, -0.05) is 13.3 Å². The van der Waals surface area contributed by atoms with Gasteiger partial charge in [-0.2, -0.15) is 0 Å². The van der Waals surface area contributed by atoms with Crippen LogP contribution in [0.2, 0.25) is 0 Å². The van der Waals surface area contributed by atoms with E-state index >= 15 is 0 Å². The van der Waals surface area contributed by atoms with Crippen molar-refractivity contribution in [3.63, 3.8) is 0 Å². The van der Waals surface area contributed by atoms with Crippen LogP contribution in [0.3, 0.4) is 0 Å². The Hall–Kier alpha value is -0.630. The monoisotopic (exact) mass is 172 g/mol. The van der Waals surface area contributed by atoms with E-state index < -0.39 is 0 Å². The van der Waals surface area contributed by atoms with Gasteiger partial charge in [-0.3, -0.25) is 0 Å². The summed E-state index contributed by atoms with van der Waals surface area (Å²) < 4.78 is 0. The van der Waals surface area contributed by atoms with Gasteiger partial charge in [-0.05, 0) is 12.5 Å². The standard InChI is InChI=1S/C8H12N2.ClH/c1-2-3-5-8-9-6-4-7-10-8;/h4,6-7H,2-3,5H2,1H3;1H. The highest BCUT2D eigenvalue weighted by Gasteiger charge is 1.90. The highest BCUT2D eigenvalue weighted by atomic mass is 35.5. The molecule has 0 saturated carbocycles. The summed E-state index contributed by atoms with van der Waals surface area (Å²) in [5.74, 6) is 0.962. The van der Waals surface area contributed by atoms with Crippen LogP contribution in [0.1, 0.15) is 25.6 Å². The molecule has 0 amide bonds. The number of hydrogen-bond acceptors (Lipinski definition) is 2. The van der Waals surface area contributed by atoms with Crippen LogP contribution in [0.25, 0.3) is 0 Å². The molecule has 0 bridgehead atoms. The van der Waals surface area contributed by atoms with Gasteiger partial charge in [-0.15, -0.1) is 12.4 Å². The van der Waals surface area contributed by atoms with Gasteiger partial charge in [0.05, 0.1) is 0 Å². The summed E-state index contributed by atoms with van der Waals surface area (Å²) in [6.45, 7) is 2.17. The molecule has 0 aromatic carbocycles. The molecule has 0 N–H and O–H groups in total. The van der Waals surface area contributed by atoms with E-state index in [2.05, 4.69) is 16.9 Å². The van der Waals surface area contributed by atoms with E-state index in [9.17, 15) is 0 Å². The number of unbranched alkanes of at least 4 members (excludes halogenated alkanes) is 1. The van der Waals surface area contributed by atoms with Gasteiger partial charge in [0.15, 0.2) is 0 Å². The lowest BCUT2D eigenvalue weighted by molar-refractivity contribution is 0.752. The van der Waals surface area contributed by atoms with E-state index in [4.69, 9.17) is 0 Å². The zero-order chi connectivity index (χ0) is 7.23. The van der Waals surface area contributed by atoms with Gasteiger partial charge in [0, 0.05) is 18.8 Å². The Bertz CT molecular complexity index is 177. The molecule has 0 unspecified atom stereocenters. The first-order valence-electron chi connectivity index (χ1n) is 3.69. The van der Waals surface area contributed by atoms with E-state index in [0.29, 0.717) is 0 Å². The predicted molar refractivity (Wildman–Crippen MR) is 47.9 cm³/mol. The molecule has 62 valence electrons. The fraction of sp³-hybridized carbons (Fsp3) is 0.500. The van der Waals surface area contributed by atoms with Crippen molar-refractivity contribution in [3.8, 4) is 0 Å². The fourth-order valence-corrected chi connectivity index (χ4v) is 0.794. The molecule has 1 rings (SSSR count). The normalized spacial score (nSPS) is 8.82. The number of aryl methyl sites for hydroxylation is 1. The largest absolute Gasteiger partial charge is 0.241 e. The van der Waals surface area contributed by atoms with Gasteiger partial charge in [0.25, 0.3) is 0 Å². The second-order valence-corrected chi connectivity index (χ2v) is 2.27. The van der Waals surface area contributed by atoms with Gasteiger partial charge in [0.1, 0.15) is 5.82 Å². The topological polar surface area (TPSA) is 25.8 Å². The van der Waals surface area contributed by atoms with Gasteiger partial charge >= 0.3 is 0 Å². The Labute approximate surface area is 73.5 Å². The molecule has 2 nitrogen and oxygen atoms in total. The molecule has 1 aromatic rings. The molecule has 0 fully saturated rings. The lowest BCUT2D eigenvalue weighted by Crippen LogP contribution is -1.91. The molecule has 0 saturated heterocycles. The Morgan fingerprint density at radius 2 is 1.91 bits per heavy atom. The second kappa shape index (κ2) is 6.10. The lowest BCUT2D eigenvalue weighted by Gasteiger charge is -1.94. The molecule has 11 heavy (non-hydrogen) atoms. The number of nitrogens with zero attached hydrogens (tertiary/aromatic N) is 2. The van der Waals surface area contributed by atoms with Crippen molar-refractivity contribution in [3.05, 3.63) is 24.3 Å². The lowest BCUT2D eigenvalue weighted by atomic mass is 10.2. The first-order valence-corrected chi connectivity index (χ1v) is 3.69. The average Bonchev–Trinajstić information content (AvgIpc) is 2.03. The predicted octanol–water partition coefficient (Wildman–Crippen LogP) is 2.24. The summed E-state index contributed by atoms with van der Waals surface area (Å²) in [5, 5.41) is 0. The van der Waals surface area contributed by atoms with E-state index in [1.807, 2.05) is 6.07 Å². The van der Waals surface area contributed by atoms with E-state index in [0.717, 1.165) is 12.2 Å². The average molecular weight is 173 g/mol. The minimum atomic E-state index is 0. The van der Waals surface area contributed by atoms with Crippen molar-refractivity contribution in [2.75, 3.05) is 0 Å². The summed E-state index contributed by atoms with van der Waals surface area (Å²) in [6, 6.07) is 1.84. The third kappa shape index (κ3) is 3.94. The number of hydrogen-bond donors (Lipinski definition) is 0. The van der Waals surface area contributed by atoms with Crippen molar-refractivity contribution in [2.24, 2.45) is 0 Å². The van der Waals surface area contributed by atoms with Crippen LogP contribution in [-0.2, 0) is 6.42 Å². The molecule has 0 spiro atoms. The SMILES string of the molecule is CCCCc1ncccn1.Cl. The van der Waals surface area contributed by atoms with Crippen molar-refractivity contribution >= 4 is 12.4 Å². The molecular weight excluding hydrogens is 160 g/mol. The molecule has 0 atom stereocenters. The Morgan fingerprint density at radius 1 is 1.27 bits per heavy atom. The first kappa shape index (κ1) is 10.4. The van der Waals surface area contributed by atoms with Crippen LogP contribution >= 0.6 is 12.4 Å².